The lowest BCUT2D eigenvalue weighted by Gasteiger charge is -2.15. The molecule has 0 aromatic heterocycles. The van der Waals surface area contributed by atoms with Crippen molar-refractivity contribution in [2.24, 2.45) is 0 Å². The van der Waals surface area contributed by atoms with E-state index in [-0.39, 0.29) is 6.10 Å². The van der Waals surface area contributed by atoms with Crippen LogP contribution >= 0.6 is 22.6 Å². The summed E-state index contributed by atoms with van der Waals surface area (Å²) in [6.07, 6.45) is -2.72. The van der Waals surface area contributed by atoms with Gasteiger partial charge in [-0.15, -0.1) is 0 Å². The van der Waals surface area contributed by atoms with E-state index in [2.05, 4.69) is 22.6 Å². The van der Waals surface area contributed by atoms with Crippen molar-refractivity contribution in [3.8, 4) is 5.75 Å². The molecular formula is C11H13F2IO2. The Kier molecular flexibility index (Phi) is 5.97. The topological polar surface area (TPSA) is 18.5 Å². The largest absolute Gasteiger partial charge is 0.497 e. The number of alkyl halides is 3. The zero-order valence-electron chi connectivity index (χ0n) is 8.83. The summed E-state index contributed by atoms with van der Waals surface area (Å²) in [5.74, 6) is 0.741. The fourth-order valence-electron chi connectivity index (χ4n) is 1.24. The van der Waals surface area contributed by atoms with E-state index in [1.54, 1.807) is 19.2 Å². The van der Waals surface area contributed by atoms with Gasteiger partial charge in [0.25, 0.3) is 6.43 Å². The Morgan fingerprint density at radius 2 is 1.88 bits per heavy atom. The quantitative estimate of drug-likeness (QED) is 0.582. The third kappa shape index (κ3) is 4.21. The average Bonchev–Trinajstić information content (AvgIpc) is 2.30. The summed E-state index contributed by atoms with van der Waals surface area (Å²) in [6, 6.07) is 7.24. The maximum atomic E-state index is 12.0. The number of rotatable bonds is 6. The number of ether oxygens (including phenoxy) is 2. The normalized spacial score (nSPS) is 12.8. The SMILES string of the molecule is COc1ccc(C(CI)OCC(F)F)cc1. The minimum atomic E-state index is -2.43. The highest BCUT2D eigenvalue weighted by Gasteiger charge is 2.13. The Morgan fingerprint density at radius 3 is 2.31 bits per heavy atom. The second-order valence-corrected chi connectivity index (χ2v) is 4.02. The van der Waals surface area contributed by atoms with Crippen molar-refractivity contribution < 1.29 is 18.3 Å². The summed E-state index contributed by atoms with van der Waals surface area (Å²) >= 11 is 2.12. The zero-order chi connectivity index (χ0) is 12.0. The summed E-state index contributed by atoms with van der Waals surface area (Å²) in [4.78, 5) is 0. The van der Waals surface area contributed by atoms with Crippen LogP contribution in [-0.4, -0.2) is 24.6 Å². The predicted octanol–water partition coefficient (Wildman–Crippen LogP) is 3.45. The summed E-state index contributed by atoms with van der Waals surface area (Å²) in [7, 11) is 1.58. The van der Waals surface area contributed by atoms with Gasteiger partial charge in [-0.1, -0.05) is 34.7 Å². The lowest BCUT2D eigenvalue weighted by molar-refractivity contribution is -0.0153. The fraction of sp³-hybridized carbons (Fsp3) is 0.455. The van der Waals surface area contributed by atoms with Crippen LogP contribution in [0, 0.1) is 0 Å². The van der Waals surface area contributed by atoms with Crippen LogP contribution in [0.5, 0.6) is 5.75 Å². The Hall–Kier alpha value is -0.430. The molecule has 0 aliphatic carbocycles. The van der Waals surface area contributed by atoms with Crippen LogP contribution in [0.4, 0.5) is 8.78 Å². The minimum Gasteiger partial charge on any atom is -0.497 e. The lowest BCUT2D eigenvalue weighted by Crippen LogP contribution is -2.11. The second-order valence-electron chi connectivity index (χ2n) is 3.14. The van der Waals surface area contributed by atoms with Gasteiger partial charge in [0.2, 0.25) is 0 Å². The van der Waals surface area contributed by atoms with Crippen LogP contribution in [-0.2, 0) is 4.74 Å². The third-order valence-electron chi connectivity index (χ3n) is 2.05. The maximum absolute atomic E-state index is 12.0. The van der Waals surface area contributed by atoms with Crippen molar-refractivity contribution in [2.45, 2.75) is 12.5 Å². The summed E-state index contributed by atoms with van der Waals surface area (Å²) in [6.45, 7) is -0.528. The van der Waals surface area contributed by atoms with Gasteiger partial charge in [0, 0.05) is 4.43 Å². The monoisotopic (exact) mass is 342 g/mol. The first-order chi connectivity index (χ1) is 7.67. The lowest BCUT2D eigenvalue weighted by atomic mass is 10.1. The molecule has 1 aromatic rings. The molecule has 90 valence electrons. The fourth-order valence-corrected chi connectivity index (χ4v) is 2.00. The first-order valence-electron chi connectivity index (χ1n) is 4.77. The molecule has 0 saturated carbocycles. The average molecular weight is 342 g/mol. The Balaban J connectivity index is 2.63. The summed E-state index contributed by atoms with van der Waals surface area (Å²) < 4.78 is 34.8. The van der Waals surface area contributed by atoms with Crippen molar-refractivity contribution >= 4 is 22.6 Å². The summed E-state index contributed by atoms with van der Waals surface area (Å²) in [5.41, 5.74) is 0.885. The van der Waals surface area contributed by atoms with E-state index in [9.17, 15) is 8.78 Å². The first kappa shape index (κ1) is 13.6. The molecule has 0 amide bonds. The van der Waals surface area contributed by atoms with Gasteiger partial charge in [-0.2, -0.15) is 0 Å². The molecule has 1 atom stereocenters. The standard InChI is InChI=1S/C11H13F2IO2/c1-15-9-4-2-8(3-5-9)10(6-14)16-7-11(12)13/h2-5,10-11H,6-7H2,1H3. The van der Waals surface area contributed by atoms with Gasteiger partial charge in [-0.05, 0) is 17.7 Å². The van der Waals surface area contributed by atoms with Crippen molar-refractivity contribution in [1.29, 1.82) is 0 Å². The molecule has 16 heavy (non-hydrogen) atoms. The second kappa shape index (κ2) is 7.01. The van der Waals surface area contributed by atoms with Crippen molar-refractivity contribution in [3.05, 3.63) is 29.8 Å². The van der Waals surface area contributed by atoms with Crippen molar-refractivity contribution in [2.75, 3.05) is 18.1 Å². The number of halogens is 3. The number of hydrogen-bond acceptors (Lipinski definition) is 2. The molecule has 1 rings (SSSR count). The molecule has 1 unspecified atom stereocenters. The van der Waals surface area contributed by atoms with E-state index in [1.807, 2.05) is 12.1 Å². The van der Waals surface area contributed by atoms with E-state index in [4.69, 9.17) is 9.47 Å². The zero-order valence-corrected chi connectivity index (χ0v) is 11.0. The van der Waals surface area contributed by atoms with Gasteiger partial charge in [0.1, 0.15) is 12.4 Å². The molecule has 0 aliphatic heterocycles. The Bertz CT molecular complexity index is 303. The van der Waals surface area contributed by atoms with Gasteiger partial charge in [0.05, 0.1) is 13.2 Å². The van der Waals surface area contributed by atoms with E-state index in [1.165, 1.54) is 0 Å². The van der Waals surface area contributed by atoms with Crippen LogP contribution in [0.3, 0.4) is 0 Å². The third-order valence-corrected chi connectivity index (χ3v) is 2.85. The molecular weight excluding hydrogens is 329 g/mol. The molecule has 5 heteroatoms. The van der Waals surface area contributed by atoms with Gasteiger partial charge >= 0.3 is 0 Å². The van der Waals surface area contributed by atoms with Crippen LogP contribution in [0.15, 0.2) is 24.3 Å². The smallest absolute Gasteiger partial charge is 0.261 e. The van der Waals surface area contributed by atoms with Gasteiger partial charge in [-0.3, -0.25) is 0 Å². The highest BCUT2D eigenvalue weighted by Crippen LogP contribution is 2.23. The highest BCUT2D eigenvalue weighted by atomic mass is 127. The van der Waals surface area contributed by atoms with Crippen LogP contribution in [0.1, 0.15) is 11.7 Å². The Morgan fingerprint density at radius 1 is 1.25 bits per heavy atom. The van der Waals surface area contributed by atoms with Crippen molar-refractivity contribution in [3.63, 3.8) is 0 Å². The van der Waals surface area contributed by atoms with Gasteiger partial charge in [0.15, 0.2) is 0 Å². The van der Waals surface area contributed by atoms with E-state index < -0.39 is 13.0 Å². The highest BCUT2D eigenvalue weighted by molar-refractivity contribution is 14.1. The molecule has 0 N–H and O–H groups in total. The summed E-state index contributed by atoms with van der Waals surface area (Å²) in [5, 5.41) is 0. The van der Waals surface area contributed by atoms with Crippen LogP contribution in [0.2, 0.25) is 0 Å². The number of hydrogen-bond donors (Lipinski definition) is 0. The molecule has 0 spiro atoms. The van der Waals surface area contributed by atoms with Gasteiger partial charge in [-0.25, -0.2) is 8.78 Å². The van der Waals surface area contributed by atoms with Crippen LogP contribution < -0.4 is 4.74 Å². The van der Waals surface area contributed by atoms with E-state index >= 15 is 0 Å². The van der Waals surface area contributed by atoms with E-state index in [0.717, 1.165) is 11.3 Å². The first-order valence-corrected chi connectivity index (χ1v) is 6.29. The molecule has 2 nitrogen and oxygen atoms in total. The van der Waals surface area contributed by atoms with Gasteiger partial charge < -0.3 is 9.47 Å². The van der Waals surface area contributed by atoms with Crippen LogP contribution in [0.25, 0.3) is 0 Å². The molecule has 0 aliphatic rings. The minimum absolute atomic E-state index is 0.291. The molecule has 0 heterocycles. The Labute approximate surface area is 107 Å². The number of methoxy groups -OCH3 is 1. The number of benzene rings is 1. The van der Waals surface area contributed by atoms with Crippen molar-refractivity contribution in [1.82, 2.24) is 0 Å². The molecule has 0 radical (unpaired) electrons. The molecule has 0 saturated heterocycles. The molecule has 0 bridgehead atoms. The van der Waals surface area contributed by atoms with E-state index in [0.29, 0.717) is 4.43 Å². The molecule has 1 aromatic carbocycles. The molecule has 0 fully saturated rings. The maximum Gasteiger partial charge on any atom is 0.261 e. The predicted molar refractivity (Wildman–Crippen MR) is 66.6 cm³/mol.